The summed E-state index contributed by atoms with van der Waals surface area (Å²) in [6, 6.07) is 25.2. The minimum Gasteiger partial charge on any atom is -0.497 e. The molecule has 0 aliphatic carbocycles. The van der Waals surface area contributed by atoms with Crippen LogP contribution in [0.1, 0.15) is 37.7 Å². The smallest absolute Gasteiger partial charge is 0.339 e. The first kappa shape index (κ1) is 27.0. The summed E-state index contributed by atoms with van der Waals surface area (Å²) in [4.78, 5) is 45.2. The highest BCUT2D eigenvalue weighted by atomic mass is 16.5. The Morgan fingerprint density at radius 1 is 0.829 bits per heavy atom. The summed E-state index contributed by atoms with van der Waals surface area (Å²) in [6.45, 7) is 1.71. The van der Waals surface area contributed by atoms with E-state index in [4.69, 9.17) is 14.5 Å². The zero-order valence-electron chi connectivity index (χ0n) is 22.6. The molecule has 5 aromatic rings. The Kier molecular flexibility index (Phi) is 7.69. The van der Waals surface area contributed by atoms with Crippen molar-refractivity contribution in [2.24, 2.45) is 0 Å². The van der Waals surface area contributed by atoms with E-state index in [2.05, 4.69) is 10.4 Å². The lowest BCUT2D eigenvalue weighted by Gasteiger charge is -2.13. The molecule has 0 fully saturated rings. The maximum atomic E-state index is 13.8. The first-order valence-corrected chi connectivity index (χ1v) is 12.7. The molecule has 0 unspecified atom stereocenters. The van der Waals surface area contributed by atoms with Gasteiger partial charge in [-0.25, -0.2) is 14.5 Å². The Bertz CT molecular complexity index is 1780. The Balaban J connectivity index is 1.72. The molecule has 0 saturated carbocycles. The van der Waals surface area contributed by atoms with Crippen LogP contribution in [0.4, 0.5) is 5.69 Å². The van der Waals surface area contributed by atoms with E-state index in [0.29, 0.717) is 33.9 Å². The predicted molar refractivity (Wildman–Crippen MR) is 156 cm³/mol. The van der Waals surface area contributed by atoms with Gasteiger partial charge < -0.3 is 14.8 Å². The maximum Gasteiger partial charge on any atom is 0.339 e. The molecule has 2 aromatic heterocycles. The number of ether oxygens (including phenoxy) is 2. The Morgan fingerprint density at radius 2 is 1.49 bits per heavy atom. The Morgan fingerprint density at radius 3 is 2.12 bits per heavy atom. The molecular formula is C32H26N4O5. The summed E-state index contributed by atoms with van der Waals surface area (Å²) in [5, 5.41) is 7.54. The van der Waals surface area contributed by atoms with Crippen LogP contribution < -0.4 is 10.1 Å². The molecule has 0 aliphatic rings. The van der Waals surface area contributed by atoms with Crippen molar-refractivity contribution in [3.8, 4) is 11.4 Å². The summed E-state index contributed by atoms with van der Waals surface area (Å²) in [6.07, 6.45) is 3.36. The van der Waals surface area contributed by atoms with Crippen LogP contribution in [0.2, 0.25) is 0 Å². The van der Waals surface area contributed by atoms with Gasteiger partial charge in [-0.3, -0.25) is 9.59 Å². The second kappa shape index (κ2) is 11.7. The number of carbonyl (C=O) groups excluding carboxylic acids is 3. The molecule has 0 radical (unpaired) electrons. The van der Waals surface area contributed by atoms with Crippen LogP contribution >= 0.6 is 0 Å². The number of fused-ring (bicyclic) bond motifs is 1. The van der Waals surface area contributed by atoms with Crippen molar-refractivity contribution < 1.29 is 23.9 Å². The van der Waals surface area contributed by atoms with E-state index < -0.39 is 17.7 Å². The van der Waals surface area contributed by atoms with E-state index in [-0.39, 0.29) is 16.8 Å². The third-order valence-electron chi connectivity index (χ3n) is 6.42. The van der Waals surface area contributed by atoms with Crippen LogP contribution in [-0.2, 0) is 9.53 Å². The van der Waals surface area contributed by atoms with Gasteiger partial charge in [0.05, 0.1) is 47.8 Å². The largest absolute Gasteiger partial charge is 0.497 e. The third-order valence-corrected chi connectivity index (χ3v) is 6.42. The number of nitrogens with one attached hydrogen (secondary N) is 1. The van der Waals surface area contributed by atoms with Gasteiger partial charge >= 0.3 is 5.97 Å². The van der Waals surface area contributed by atoms with Gasteiger partial charge in [-0.15, -0.1) is 0 Å². The number of benzene rings is 3. The number of rotatable bonds is 8. The molecule has 0 aliphatic heterocycles. The fraction of sp³-hybridized carbons (Fsp3) is 0.0938. The number of nitrogens with zero attached hydrogens (tertiary/aromatic N) is 3. The molecule has 41 heavy (non-hydrogen) atoms. The lowest BCUT2D eigenvalue weighted by molar-refractivity contribution is -0.112. The average molecular weight is 547 g/mol. The van der Waals surface area contributed by atoms with Crippen LogP contribution in [0.3, 0.4) is 0 Å². The van der Waals surface area contributed by atoms with Crippen molar-refractivity contribution in [1.29, 1.82) is 0 Å². The number of esters is 1. The van der Waals surface area contributed by atoms with E-state index in [1.54, 1.807) is 48.0 Å². The molecule has 2 heterocycles. The summed E-state index contributed by atoms with van der Waals surface area (Å²) in [7, 11) is 2.75. The van der Waals surface area contributed by atoms with Crippen molar-refractivity contribution in [3.63, 3.8) is 0 Å². The number of aryl methyl sites for hydroxylation is 1. The van der Waals surface area contributed by atoms with Gasteiger partial charge in [-0.05, 0) is 55.0 Å². The van der Waals surface area contributed by atoms with Gasteiger partial charge in [-0.2, -0.15) is 5.10 Å². The molecule has 0 atom stereocenters. The number of pyridine rings is 1. The number of carbonyl (C=O) groups is 3. The van der Waals surface area contributed by atoms with Crippen molar-refractivity contribution >= 4 is 46.5 Å². The number of hydrogen-bond acceptors (Lipinski definition) is 7. The van der Waals surface area contributed by atoms with Crippen LogP contribution in [0.25, 0.3) is 28.9 Å². The molecule has 3 aromatic carbocycles. The predicted octanol–water partition coefficient (Wildman–Crippen LogP) is 5.52. The molecule has 0 bridgehead atoms. The first-order chi connectivity index (χ1) is 19.9. The fourth-order valence-corrected chi connectivity index (χ4v) is 4.46. The number of methoxy groups -OCH3 is 2. The molecule has 0 spiro atoms. The number of anilines is 1. The summed E-state index contributed by atoms with van der Waals surface area (Å²) >= 11 is 0. The number of ketones is 1. The fourth-order valence-electron chi connectivity index (χ4n) is 4.46. The SMILES string of the molecule is COC(=O)c1c(C(=O)C(=O)Nc2ccc(OC)cc2)c(/C=C/c2ccccc2)nc2c1c(C)nn2-c1ccccc1. The van der Waals surface area contributed by atoms with Crippen LogP contribution in [0, 0.1) is 6.92 Å². The minimum absolute atomic E-state index is 0.0835. The minimum atomic E-state index is -0.949. The molecule has 9 heteroatoms. The lowest BCUT2D eigenvalue weighted by atomic mass is 9.96. The van der Waals surface area contributed by atoms with E-state index in [9.17, 15) is 14.4 Å². The molecule has 9 nitrogen and oxygen atoms in total. The second-order valence-electron chi connectivity index (χ2n) is 9.03. The van der Waals surface area contributed by atoms with E-state index in [0.717, 1.165) is 5.56 Å². The van der Waals surface area contributed by atoms with Gasteiger partial charge in [0.15, 0.2) is 5.65 Å². The third kappa shape index (κ3) is 5.46. The maximum absolute atomic E-state index is 13.8. The first-order valence-electron chi connectivity index (χ1n) is 12.7. The highest BCUT2D eigenvalue weighted by Gasteiger charge is 2.32. The van der Waals surface area contributed by atoms with Crippen molar-refractivity contribution in [1.82, 2.24) is 14.8 Å². The quantitative estimate of drug-likeness (QED) is 0.155. The van der Waals surface area contributed by atoms with Crippen molar-refractivity contribution in [2.75, 3.05) is 19.5 Å². The average Bonchev–Trinajstić information content (AvgIpc) is 3.35. The number of Topliss-reactive ketones (excluding diaryl/α,β-unsaturated/α-hetero) is 1. The van der Waals surface area contributed by atoms with Crippen molar-refractivity contribution in [2.45, 2.75) is 6.92 Å². The molecular weight excluding hydrogens is 520 g/mol. The zero-order chi connectivity index (χ0) is 28.9. The number of amides is 1. The number of hydrogen-bond donors (Lipinski definition) is 1. The van der Waals surface area contributed by atoms with Gasteiger partial charge in [0, 0.05) is 5.69 Å². The highest BCUT2D eigenvalue weighted by molar-refractivity contribution is 6.48. The highest BCUT2D eigenvalue weighted by Crippen LogP contribution is 2.31. The van der Waals surface area contributed by atoms with Gasteiger partial charge in [0.1, 0.15) is 5.75 Å². The van der Waals surface area contributed by atoms with Gasteiger partial charge in [0.2, 0.25) is 0 Å². The molecule has 5 rings (SSSR count). The summed E-state index contributed by atoms with van der Waals surface area (Å²) < 4.78 is 11.9. The molecule has 1 amide bonds. The van der Waals surface area contributed by atoms with Crippen LogP contribution in [0.5, 0.6) is 5.75 Å². The number of aromatic nitrogens is 3. The van der Waals surface area contributed by atoms with E-state index in [1.807, 2.05) is 60.7 Å². The summed E-state index contributed by atoms with van der Waals surface area (Å²) in [5.41, 5.74) is 2.57. The Hall–Kier alpha value is -5.57. The zero-order valence-corrected chi connectivity index (χ0v) is 22.6. The van der Waals surface area contributed by atoms with Crippen molar-refractivity contribution in [3.05, 3.63) is 113 Å². The second-order valence-corrected chi connectivity index (χ2v) is 9.03. The summed E-state index contributed by atoms with van der Waals surface area (Å²) in [5.74, 6) is -2.08. The number of para-hydroxylation sites is 1. The Labute approximate surface area is 236 Å². The molecule has 0 saturated heterocycles. The standard InChI is InChI=1S/C32H26N4O5/c1-20-26-28(32(39)41-3)27(29(37)31(38)33-22-15-17-24(40-2)18-16-22)25(19-14-21-10-6-4-7-11-21)34-30(26)36(35-20)23-12-8-5-9-13-23/h4-19H,1-3H3,(H,33,38)/b19-14+. The van der Waals surface area contributed by atoms with Gasteiger partial charge in [0.25, 0.3) is 11.7 Å². The molecule has 1 N–H and O–H groups in total. The van der Waals surface area contributed by atoms with Crippen LogP contribution in [-0.4, -0.2) is 46.6 Å². The monoisotopic (exact) mass is 546 g/mol. The lowest BCUT2D eigenvalue weighted by Crippen LogP contribution is -2.26. The topological polar surface area (TPSA) is 112 Å². The van der Waals surface area contributed by atoms with Crippen LogP contribution in [0.15, 0.2) is 84.9 Å². The van der Waals surface area contributed by atoms with E-state index in [1.165, 1.54) is 14.2 Å². The van der Waals surface area contributed by atoms with E-state index >= 15 is 0 Å². The van der Waals surface area contributed by atoms with Gasteiger partial charge in [-0.1, -0.05) is 54.6 Å². The normalized spacial score (nSPS) is 11.0. The molecule has 204 valence electrons.